The summed E-state index contributed by atoms with van der Waals surface area (Å²) in [5.74, 6) is -0.0152. The van der Waals surface area contributed by atoms with Gasteiger partial charge in [-0.15, -0.1) is 0 Å². The Bertz CT molecular complexity index is 593. The molecule has 0 spiro atoms. The van der Waals surface area contributed by atoms with Gasteiger partial charge in [0.15, 0.2) is 0 Å². The van der Waals surface area contributed by atoms with Crippen molar-refractivity contribution in [2.45, 2.75) is 13.0 Å². The third-order valence-electron chi connectivity index (χ3n) is 3.37. The Hall–Kier alpha value is -2.29. The number of nitrogens with one attached hydrogen (secondary N) is 2. The maximum atomic E-state index is 12.1. The lowest BCUT2D eigenvalue weighted by Crippen LogP contribution is -2.22. The average Bonchev–Trinajstić information content (AvgIpc) is 2.93. The molecule has 1 heterocycles. The van der Waals surface area contributed by atoms with Gasteiger partial charge in [-0.1, -0.05) is 30.3 Å². The molecule has 0 atom stereocenters. The van der Waals surface area contributed by atoms with Crippen LogP contribution in [0.2, 0.25) is 0 Å². The van der Waals surface area contributed by atoms with E-state index >= 15 is 0 Å². The molecule has 1 amide bonds. The van der Waals surface area contributed by atoms with Crippen LogP contribution in [-0.4, -0.2) is 12.5 Å². The summed E-state index contributed by atoms with van der Waals surface area (Å²) < 4.78 is 0. The van der Waals surface area contributed by atoms with Crippen LogP contribution in [0.5, 0.6) is 0 Å². The van der Waals surface area contributed by atoms with Crippen molar-refractivity contribution in [1.29, 1.82) is 0 Å². The molecule has 0 aliphatic carbocycles. The molecule has 1 aliphatic rings. The van der Waals surface area contributed by atoms with E-state index in [-0.39, 0.29) is 5.91 Å². The number of hydrogen-bond acceptors (Lipinski definition) is 2. The van der Waals surface area contributed by atoms with Gasteiger partial charge in [0.1, 0.15) is 0 Å². The highest BCUT2D eigenvalue weighted by atomic mass is 16.1. The van der Waals surface area contributed by atoms with Crippen LogP contribution in [0.15, 0.2) is 48.5 Å². The normalized spacial score (nSPS) is 12.6. The second kappa shape index (κ2) is 5.14. The predicted molar refractivity (Wildman–Crippen MR) is 76.2 cm³/mol. The topological polar surface area (TPSA) is 41.1 Å². The van der Waals surface area contributed by atoms with Gasteiger partial charge < -0.3 is 10.6 Å². The summed E-state index contributed by atoms with van der Waals surface area (Å²) in [5, 5.41) is 6.24. The van der Waals surface area contributed by atoms with Crippen molar-refractivity contribution in [2.24, 2.45) is 0 Å². The van der Waals surface area contributed by atoms with Gasteiger partial charge in [0.2, 0.25) is 0 Å². The summed E-state index contributed by atoms with van der Waals surface area (Å²) in [4.78, 5) is 12.1. The largest absolute Gasteiger partial charge is 0.384 e. The molecule has 3 nitrogen and oxygen atoms in total. The van der Waals surface area contributed by atoms with Gasteiger partial charge in [-0.3, -0.25) is 4.79 Å². The Kier molecular flexibility index (Phi) is 3.19. The molecule has 2 aromatic rings. The highest BCUT2D eigenvalue weighted by Gasteiger charge is 2.13. The van der Waals surface area contributed by atoms with Gasteiger partial charge in [0, 0.05) is 24.3 Å². The Morgan fingerprint density at radius 3 is 2.84 bits per heavy atom. The molecule has 0 saturated heterocycles. The number of anilines is 1. The molecule has 2 N–H and O–H groups in total. The zero-order chi connectivity index (χ0) is 13.1. The lowest BCUT2D eigenvalue weighted by Gasteiger charge is -2.07. The molecule has 96 valence electrons. The molecule has 1 aliphatic heterocycles. The van der Waals surface area contributed by atoms with Crippen LogP contribution in [0, 0.1) is 0 Å². The molecule has 0 saturated carbocycles. The first-order valence-electron chi connectivity index (χ1n) is 6.52. The quantitative estimate of drug-likeness (QED) is 0.881. The molecule has 3 rings (SSSR count). The van der Waals surface area contributed by atoms with E-state index in [0.29, 0.717) is 6.54 Å². The summed E-state index contributed by atoms with van der Waals surface area (Å²) in [6.45, 7) is 1.53. The first-order valence-corrected chi connectivity index (χ1v) is 6.52. The number of fused-ring (bicyclic) bond motifs is 1. The number of carbonyl (C=O) groups is 1. The molecule has 0 aromatic heterocycles. The van der Waals surface area contributed by atoms with Crippen molar-refractivity contribution in [2.75, 3.05) is 11.9 Å². The second-order valence-electron chi connectivity index (χ2n) is 4.72. The lowest BCUT2D eigenvalue weighted by molar-refractivity contribution is 0.0951. The minimum atomic E-state index is -0.0152. The third kappa shape index (κ3) is 2.60. The first-order chi connectivity index (χ1) is 9.33. The van der Waals surface area contributed by atoms with Crippen LogP contribution in [0.25, 0.3) is 0 Å². The SMILES string of the molecule is O=C(NCc1ccccc1)c1ccc2c(c1)CCN2. The zero-order valence-electron chi connectivity index (χ0n) is 10.6. The molecular formula is C16H16N2O. The molecule has 0 fully saturated rings. The van der Waals surface area contributed by atoms with Crippen molar-refractivity contribution in [3.05, 3.63) is 65.2 Å². The van der Waals surface area contributed by atoms with Crippen molar-refractivity contribution < 1.29 is 4.79 Å². The fraction of sp³-hybridized carbons (Fsp3) is 0.188. The first kappa shape index (κ1) is 11.8. The summed E-state index contributed by atoms with van der Waals surface area (Å²) in [6.07, 6.45) is 0.995. The Morgan fingerprint density at radius 1 is 1.16 bits per heavy atom. The van der Waals surface area contributed by atoms with E-state index in [4.69, 9.17) is 0 Å². The molecule has 0 unspecified atom stereocenters. The Morgan fingerprint density at radius 2 is 2.00 bits per heavy atom. The van der Waals surface area contributed by atoms with E-state index in [0.717, 1.165) is 29.8 Å². The predicted octanol–water partition coefficient (Wildman–Crippen LogP) is 2.58. The molecular weight excluding hydrogens is 236 g/mol. The van der Waals surface area contributed by atoms with Crippen LogP contribution in [-0.2, 0) is 13.0 Å². The molecule has 2 aromatic carbocycles. The smallest absolute Gasteiger partial charge is 0.251 e. The van der Waals surface area contributed by atoms with Crippen molar-refractivity contribution in [3.8, 4) is 0 Å². The van der Waals surface area contributed by atoms with Crippen LogP contribution >= 0.6 is 0 Å². The van der Waals surface area contributed by atoms with E-state index in [2.05, 4.69) is 10.6 Å². The van der Waals surface area contributed by atoms with E-state index in [1.165, 1.54) is 5.56 Å². The van der Waals surface area contributed by atoms with E-state index < -0.39 is 0 Å². The average molecular weight is 252 g/mol. The fourth-order valence-electron chi connectivity index (χ4n) is 2.33. The standard InChI is InChI=1S/C16H16N2O/c19-16(18-11-12-4-2-1-3-5-12)14-6-7-15-13(10-14)8-9-17-15/h1-7,10,17H,8-9,11H2,(H,18,19). The maximum absolute atomic E-state index is 12.1. The number of rotatable bonds is 3. The van der Waals surface area contributed by atoms with Crippen LogP contribution in [0.3, 0.4) is 0 Å². The molecule has 19 heavy (non-hydrogen) atoms. The second-order valence-corrected chi connectivity index (χ2v) is 4.72. The summed E-state index contributed by atoms with van der Waals surface area (Å²) in [5.41, 5.74) is 4.23. The highest BCUT2D eigenvalue weighted by molar-refractivity contribution is 5.95. The molecule has 3 heteroatoms. The lowest BCUT2D eigenvalue weighted by atomic mass is 10.1. The fourth-order valence-corrected chi connectivity index (χ4v) is 2.33. The van der Waals surface area contributed by atoms with Crippen LogP contribution in [0.4, 0.5) is 5.69 Å². The van der Waals surface area contributed by atoms with Gasteiger partial charge in [-0.25, -0.2) is 0 Å². The number of benzene rings is 2. The van der Waals surface area contributed by atoms with Gasteiger partial charge in [0.05, 0.1) is 0 Å². The van der Waals surface area contributed by atoms with E-state index in [1.807, 2.05) is 48.5 Å². The van der Waals surface area contributed by atoms with Crippen molar-refractivity contribution >= 4 is 11.6 Å². The number of hydrogen-bond donors (Lipinski definition) is 2. The van der Waals surface area contributed by atoms with Crippen LogP contribution < -0.4 is 10.6 Å². The summed E-state index contributed by atoms with van der Waals surface area (Å²) >= 11 is 0. The zero-order valence-corrected chi connectivity index (χ0v) is 10.6. The van der Waals surface area contributed by atoms with Gasteiger partial charge in [-0.05, 0) is 35.7 Å². The Balaban J connectivity index is 1.67. The summed E-state index contributed by atoms with van der Waals surface area (Å²) in [7, 11) is 0. The molecule has 0 radical (unpaired) electrons. The monoisotopic (exact) mass is 252 g/mol. The minimum Gasteiger partial charge on any atom is -0.384 e. The number of carbonyl (C=O) groups excluding carboxylic acids is 1. The highest BCUT2D eigenvalue weighted by Crippen LogP contribution is 2.22. The molecule has 0 bridgehead atoms. The van der Waals surface area contributed by atoms with Crippen LogP contribution in [0.1, 0.15) is 21.5 Å². The van der Waals surface area contributed by atoms with Crippen molar-refractivity contribution in [1.82, 2.24) is 5.32 Å². The van der Waals surface area contributed by atoms with Gasteiger partial charge >= 0.3 is 0 Å². The summed E-state index contributed by atoms with van der Waals surface area (Å²) in [6, 6.07) is 15.8. The number of amides is 1. The van der Waals surface area contributed by atoms with E-state index in [1.54, 1.807) is 0 Å². The van der Waals surface area contributed by atoms with E-state index in [9.17, 15) is 4.79 Å². The van der Waals surface area contributed by atoms with Crippen molar-refractivity contribution in [3.63, 3.8) is 0 Å². The maximum Gasteiger partial charge on any atom is 0.251 e. The third-order valence-corrected chi connectivity index (χ3v) is 3.37. The Labute approximate surface area is 112 Å². The minimum absolute atomic E-state index is 0.0152. The van der Waals surface area contributed by atoms with Gasteiger partial charge in [-0.2, -0.15) is 0 Å². The van der Waals surface area contributed by atoms with Gasteiger partial charge in [0.25, 0.3) is 5.91 Å².